The molecule has 96 valence electrons. The highest BCUT2D eigenvalue weighted by molar-refractivity contribution is 6.01. The van der Waals surface area contributed by atoms with Crippen LogP contribution in [0.3, 0.4) is 0 Å². The first-order valence-electron chi connectivity index (χ1n) is 5.92. The van der Waals surface area contributed by atoms with Gasteiger partial charge in [0.05, 0.1) is 5.92 Å². The molecule has 2 unspecified atom stereocenters. The fourth-order valence-corrected chi connectivity index (χ4v) is 1.62. The van der Waals surface area contributed by atoms with Crippen LogP contribution in [0, 0.1) is 17.8 Å². The monoisotopic (exact) mass is 241 g/mol. The predicted octanol–water partition coefficient (Wildman–Crippen LogP) is 1.52. The van der Waals surface area contributed by atoms with E-state index >= 15 is 0 Å². The number of nitrogens with zero attached hydrogens (tertiary/aromatic N) is 1. The average molecular weight is 241 g/mol. The molecule has 1 saturated heterocycles. The second-order valence-corrected chi connectivity index (χ2v) is 4.88. The molecule has 17 heavy (non-hydrogen) atoms. The Morgan fingerprint density at radius 1 is 1.12 bits per heavy atom. The fraction of sp³-hybridized carbons (Fsp3) is 0.750. The van der Waals surface area contributed by atoms with E-state index in [9.17, 15) is 14.4 Å². The van der Waals surface area contributed by atoms with Gasteiger partial charge in [0.1, 0.15) is 0 Å². The van der Waals surface area contributed by atoms with Crippen molar-refractivity contribution in [1.29, 1.82) is 0 Å². The van der Waals surface area contributed by atoms with Gasteiger partial charge in [0.2, 0.25) is 0 Å². The molecule has 5 heteroatoms. The van der Waals surface area contributed by atoms with Crippen LogP contribution in [0.2, 0.25) is 0 Å². The maximum atomic E-state index is 11.8. The highest BCUT2D eigenvalue weighted by Crippen LogP contribution is 2.22. The van der Waals surface area contributed by atoms with Crippen molar-refractivity contribution >= 4 is 17.8 Å². The van der Waals surface area contributed by atoms with Crippen molar-refractivity contribution in [3.05, 3.63) is 0 Å². The summed E-state index contributed by atoms with van der Waals surface area (Å²) in [4.78, 5) is 39.2. The highest BCUT2D eigenvalue weighted by atomic mass is 16.7. The first-order chi connectivity index (χ1) is 7.84. The van der Waals surface area contributed by atoms with Gasteiger partial charge in [0, 0.05) is 12.8 Å². The second-order valence-electron chi connectivity index (χ2n) is 4.88. The average Bonchev–Trinajstić information content (AvgIpc) is 2.58. The van der Waals surface area contributed by atoms with E-state index < -0.39 is 17.8 Å². The van der Waals surface area contributed by atoms with Crippen molar-refractivity contribution in [3.8, 4) is 0 Å². The summed E-state index contributed by atoms with van der Waals surface area (Å²) >= 11 is 0. The highest BCUT2D eigenvalue weighted by Gasteiger charge is 2.35. The molecule has 0 aromatic rings. The van der Waals surface area contributed by atoms with E-state index in [0.29, 0.717) is 11.0 Å². The van der Waals surface area contributed by atoms with Crippen LogP contribution in [0.1, 0.15) is 40.5 Å². The summed E-state index contributed by atoms with van der Waals surface area (Å²) < 4.78 is 0. The molecule has 0 N–H and O–H groups in total. The van der Waals surface area contributed by atoms with Crippen molar-refractivity contribution < 1.29 is 19.2 Å². The van der Waals surface area contributed by atoms with Gasteiger partial charge in [0.25, 0.3) is 11.8 Å². The predicted molar refractivity (Wildman–Crippen MR) is 60.3 cm³/mol. The summed E-state index contributed by atoms with van der Waals surface area (Å²) in [7, 11) is 0. The van der Waals surface area contributed by atoms with E-state index in [-0.39, 0.29) is 24.7 Å². The van der Waals surface area contributed by atoms with Crippen LogP contribution in [0.15, 0.2) is 0 Å². The minimum absolute atomic E-state index is 0.125. The van der Waals surface area contributed by atoms with E-state index in [4.69, 9.17) is 4.84 Å². The van der Waals surface area contributed by atoms with Gasteiger partial charge in [-0.3, -0.25) is 9.59 Å². The molecule has 0 aliphatic carbocycles. The molecular formula is C12H19NO4. The van der Waals surface area contributed by atoms with Gasteiger partial charge in [-0.05, 0) is 11.8 Å². The number of imide groups is 1. The number of carbonyl (C=O) groups excluding carboxylic acids is 3. The van der Waals surface area contributed by atoms with E-state index in [1.54, 1.807) is 6.92 Å². The fourth-order valence-electron chi connectivity index (χ4n) is 1.62. The van der Waals surface area contributed by atoms with Crippen LogP contribution >= 0.6 is 0 Å². The van der Waals surface area contributed by atoms with Crippen LogP contribution in [0.4, 0.5) is 0 Å². The number of hydrogen-bond acceptors (Lipinski definition) is 4. The topological polar surface area (TPSA) is 63.7 Å². The third-order valence-corrected chi connectivity index (χ3v) is 3.40. The van der Waals surface area contributed by atoms with E-state index in [0.717, 1.165) is 0 Å². The maximum absolute atomic E-state index is 11.8. The van der Waals surface area contributed by atoms with Gasteiger partial charge < -0.3 is 4.84 Å². The molecule has 0 spiro atoms. The minimum atomic E-state index is -0.519. The Kier molecular flexibility index (Phi) is 4.26. The van der Waals surface area contributed by atoms with Gasteiger partial charge in [0.15, 0.2) is 0 Å². The van der Waals surface area contributed by atoms with Gasteiger partial charge in [-0.2, -0.15) is 0 Å². The summed E-state index contributed by atoms with van der Waals surface area (Å²) in [5.74, 6) is -1.26. The Hall–Kier alpha value is -1.39. The first-order valence-corrected chi connectivity index (χ1v) is 5.92. The molecule has 0 aromatic carbocycles. The molecule has 1 aliphatic heterocycles. The van der Waals surface area contributed by atoms with E-state index in [2.05, 4.69) is 0 Å². The zero-order valence-corrected chi connectivity index (χ0v) is 10.7. The molecule has 5 nitrogen and oxygen atoms in total. The lowest BCUT2D eigenvalue weighted by molar-refractivity contribution is -0.201. The number of hydroxylamine groups is 2. The smallest absolute Gasteiger partial charge is 0.330 e. The van der Waals surface area contributed by atoms with Crippen LogP contribution in [-0.4, -0.2) is 22.8 Å². The first kappa shape index (κ1) is 13.7. The molecule has 1 fully saturated rings. The lowest BCUT2D eigenvalue weighted by Crippen LogP contribution is -2.36. The van der Waals surface area contributed by atoms with Crippen LogP contribution in [0.5, 0.6) is 0 Å². The number of carbonyl (C=O) groups is 3. The van der Waals surface area contributed by atoms with Crippen LogP contribution in [-0.2, 0) is 19.2 Å². The van der Waals surface area contributed by atoms with Crippen molar-refractivity contribution in [2.24, 2.45) is 17.8 Å². The van der Waals surface area contributed by atoms with Crippen molar-refractivity contribution in [2.75, 3.05) is 0 Å². The van der Waals surface area contributed by atoms with Gasteiger partial charge in [-0.1, -0.05) is 27.7 Å². The molecular weight excluding hydrogens is 222 g/mol. The minimum Gasteiger partial charge on any atom is -0.330 e. The molecule has 1 rings (SSSR count). The van der Waals surface area contributed by atoms with E-state index in [1.165, 1.54) is 0 Å². The zero-order chi connectivity index (χ0) is 13.2. The van der Waals surface area contributed by atoms with Crippen molar-refractivity contribution in [3.63, 3.8) is 0 Å². The van der Waals surface area contributed by atoms with Crippen molar-refractivity contribution in [2.45, 2.75) is 40.5 Å². The summed E-state index contributed by atoms with van der Waals surface area (Å²) in [5.41, 5.74) is 0. The number of amides is 2. The second kappa shape index (κ2) is 5.29. The summed E-state index contributed by atoms with van der Waals surface area (Å²) in [5, 5.41) is 0.603. The normalized spacial score (nSPS) is 19.7. The van der Waals surface area contributed by atoms with Gasteiger partial charge in [-0.15, -0.1) is 5.06 Å². The zero-order valence-electron chi connectivity index (χ0n) is 10.7. The number of rotatable bonds is 4. The Bertz CT molecular complexity index is 321. The number of hydrogen-bond donors (Lipinski definition) is 0. The maximum Gasteiger partial charge on any atom is 0.336 e. The van der Waals surface area contributed by atoms with E-state index in [1.807, 2.05) is 20.8 Å². The lowest BCUT2D eigenvalue weighted by atomic mass is 9.86. The molecule has 0 bridgehead atoms. The molecule has 2 atom stereocenters. The van der Waals surface area contributed by atoms with Gasteiger partial charge >= 0.3 is 5.97 Å². The van der Waals surface area contributed by atoms with Crippen LogP contribution < -0.4 is 0 Å². The molecule has 2 amide bonds. The summed E-state index contributed by atoms with van der Waals surface area (Å²) in [6.07, 6.45) is 0.250. The summed E-state index contributed by atoms with van der Waals surface area (Å²) in [6.45, 7) is 7.73. The molecule has 0 saturated carbocycles. The Labute approximate surface area is 101 Å². The molecule has 1 heterocycles. The quantitative estimate of drug-likeness (QED) is 0.700. The molecule has 1 aliphatic rings. The molecule has 0 radical (unpaired) electrons. The van der Waals surface area contributed by atoms with Crippen molar-refractivity contribution in [1.82, 2.24) is 5.06 Å². The van der Waals surface area contributed by atoms with Gasteiger partial charge in [-0.25, -0.2) is 4.79 Å². The summed E-state index contributed by atoms with van der Waals surface area (Å²) in [6, 6.07) is 0. The third-order valence-electron chi connectivity index (χ3n) is 3.40. The van der Waals surface area contributed by atoms with Crippen LogP contribution in [0.25, 0.3) is 0 Å². The SMILES string of the molecule is CC(C)C(C)C(C)C(=O)ON1C(=O)CCC1=O. The Morgan fingerprint density at radius 3 is 2.00 bits per heavy atom. The Morgan fingerprint density at radius 2 is 1.59 bits per heavy atom. The largest absolute Gasteiger partial charge is 0.336 e. The lowest BCUT2D eigenvalue weighted by Gasteiger charge is -2.23. The Balaban J connectivity index is 2.60. The third kappa shape index (κ3) is 3.05. The molecule has 0 aromatic heterocycles. The standard InChI is InChI=1S/C12H19NO4/c1-7(2)8(3)9(4)12(16)17-13-10(14)5-6-11(13)15/h7-9H,5-6H2,1-4H3.